The van der Waals surface area contributed by atoms with Gasteiger partial charge in [0.15, 0.2) is 9.84 Å². The van der Waals surface area contributed by atoms with Gasteiger partial charge in [-0.25, -0.2) is 8.42 Å². The van der Waals surface area contributed by atoms with E-state index in [4.69, 9.17) is 4.74 Å². The first-order valence-corrected chi connectivity index (χ1v) is 10.00. The fourth-order valence-corrected chi connectivity index (χ4v) is 4.83. The molecular formula is C19H21NO4S. The normalized spacial score (nSPS) is 18.7. The standard InChI is InChI=1S/C19H21NO4S/c1-24-18-9-5-6-15(12-18)13-20(17-10-11-25(22,23)14-17)19(21)16-7-3-2-4-8-16/h2-9,12,17H,10-11,13-14H2,1H3/t17-/m0/s1. The van der Waals surface area contributed by atoms with Gasteiger partial charge in [0.05, 0.1) is 18.6 Å². The lowest BCUT2D eigenvalue weighted by atomic mass is 10.1. The van der Waals surface area contributed by atoms with E-state index in [0.29, 0.717) is 24.3 Å². The van der Waals surface area contributed by atoms with Crippen molar-refractivity contribution in [2.24, 2.45) is 0 Å². The third kappa shape index (κ3) is 4.20. The molecule has 0 radical (unpaired) electrons. The molecule has 132 valence electrons. The predicted octanol–water partition coefficient (Wildman–Crippen LogP) is 2.52. The molecule has 0 saturated carbocycles. The molecule has 25 heavy (non-hydrogen) atoms. The number of nitrogens with zero attached hydrogens (tertiary/aromatic N) is 1. The summed E-state index contributed by atoms with van der Waals surface area (Å²) in [6.07, 6.45) is 0.477. The molecule has 1 saturated heterocycles. The van der Waals surface area contributed by atoms with Gasteiger partial charge in [0.25, 0.3) is 5.91 Å². The zero-order valence-corrected chi connectivity index (χ0v) is 14.9. The molecule has 3 rings (SSSR count). The van der Waals surface area contributed by atoms with Crippen molar-refractivity contribution >= 4 is 15.7 Å². The highest BCUT2D eigenvalue weighted by Crippen LogP contribution is 2.23. The zero-order chi connectivity index (χ0) is 17.9. The zero-order valence-electron chi connectivity index (χ0n) is 14.1. The van der Waals surface area contributed by atoms with Crippen LogP contribution >= 0.6 is 0 Å². The van der Waals surface area contributed by atoms with Crippen LogP contribution in [0.15, 0.2) is 54.6 Å². The van der Waals surface area contributed by atoms with Gasteiger partial charge in [0, 0.05) is 18.2 Å². The van der Waals surface area contributed by atoms with Crippen LogP contribution in [0.4, 0.5) is 0 Å². The monoisotopic (exact) mass is 359 g/mol. The van der Waals surface area contributed by atoms with Gasteiger partial charge in [-0.2, -0.15) is 0 Å². The Balaban J connectivity index is 1.90. The van der Waals surface area contributed by atoms with Crippen LogP contribution in [-0.2, 0) is 16.4 Å². The fourth-order valence-electron chi connectivity index (χ4n) is 3.10. The molecule has 0 spiro atoms. The lowest BCUT2D eigenvalue weighted by molar-refractivity contribution is 0.0681. The van der Waals surface area contributed by atoms with Crippen molar-refractivity contribution in [2.45, 2.75) is 19.0 Å². The Morgan fingerprint density at radius 1 is 1.16 bits per heavy atom. The summed E-state index contributed by atoms with van der Waals surface area (Å²) >= 11 is 0. The van der Waals surface area contributed by atoms with Crippen molar-refractivity contribution in [1.82, 2.24) is 4.90 Å². The van der Waals surface area contributed by atoms with Crippen LogP contribution in [0, 0.1) is 0 Å². The number of rotatable bonds is 5. The Bertz CT molecular complexity index is 849. The maximum Gasteiger partial charge on any atom is 0.254 e. The van der Waals surface area contributed by atoms with Crippen LogP contribution in [0.5, 0.6) is 5.75 Å². The van der Waals surface area contributed by atoms with E-state index in [1.54, 1.807) is 24.1 Å². The summed E-state index contributed by atoms with van der Waals surface area (Å²) in [6.45, 7) is 0.352. The van der Waals surface area contributed by atoms with Gasteiger partial charge in [-0.1, -0.05) is 30.3 Å². The van der Waals surface area contributed by atoms with E-state index >= 15 is 0 Å². The number of carbonyl (C=O) groups is 1. The molecule has 2 aromatic rings. The summed E-state index contributed by atoms with van der Waals surface area (Å²) in [5, 5.41) is 0. The molecule has 0 bridgehead atoms. The Morgan fingerprint density at radius 3 is 2.56 bits per heavy atom. The summed E-state index contributed by atoms with van der Waals surface area (Å²) in [5.74, 6) is 0.721. The Morgan fingerprint density at radius 2 is 1.92 bits per heavy atom. The second-order valence-corrected chi connectivity index (χ2v) is 8.44. The van der Waals surface area contributed by atoms with Crippen molar-refractivity contribution in [3.05, 3.63) is 65.7 Å². The van der Waals surface area contributed by atoms with Crippen molar-refractivity contribution in [3.63, 3.8) is 0 Å². The van der Waals surface area contributed by atoms with E-state index in [1.807, 2.05) is 42.5 Å². The molecular weight excluding hydrogens is 338 g/mol. The van der Waals surface area contributed by atoms with Gasteiger partial charge in [-0.05, 0) is 36.2 Å². The SMILES string of the molecule is COc1cccc(CN(C(=O)c2ccccc2)[C@H]2CCS(=O)(=O)C2)c1. The summed E-state index contributed by atoms with van der Waals surface area (Å²) in [6, 6.07) is 16.2. The lowest BCUT2D eigenvalue weighted by Crippen LogP contribution is -2.40. The van der Waals surface area contributed by atoms with Gasteiger partial charge in [-0.15, -0.1) is 0 Å². The molecule has 1 amide bonds. The van der Waals surface area contributed by atoms with Crippen molar-refractivity contribution in [3.8, 4) is 5.75 Å². The van der Waals surface area contributed by atoms with E-state index in [-0.39, 0.29) is 23.5 Å². The van der Waals surface area contributed by atoms with Crippen LogP contribution in [-0.4, -0.2) is 43.9 Å². The number of carbonyl (C=O) groups excluding carboxylic acids is 1. The summed E-state index contributed by atoms with van der Waals surface area (Å²) in [7, 11) is -1.49. The fraction of sp³-hybridized carbons (Fsp3) is 0.316. The molecule has 0 aliphatic carbocycles. The molecule has 0 N–H and O–H groups in total. The minimum atomic E-state index is -3.08. The van der Waals surface area contributed by atoms with Crippen molar-refractivity contribution in [1.29, 1.82) is 0 Å². The second-order valence-electron chi connectivity index (χ2n) is 6.21. The maximum atomic E-state index is 13.0. The van der Waals surface area contributed by atoms with E-state index in [0.717, 1.165) is 5.56 Å². The molecule has 5 nitrogen and oxygen atoms in total. The van der Waals surface area contributed by atoms with E-state index in [9.17, 15) is 13.2 Å². The minimum absolute atomic E-state index is 0.0234. The Kier molecular flexibility index (Phi) is 5.08. The third-order valence-electron chi connectivity index (χ3n) is 4.42. The largest absolute Gasteiger partial charge is 0.497 e. The van der Waals surface area contributed by atoms with E-state index in [1.165, 1.54) is 0 Å². The number of ether oxygens (including phenoxy) is 1. The molecule has 1 aliphatic rings. The van der Waals surface area contributed by atoms with Crippen molar-refractivity contribution < 1.29 is 17.9 Å². The summed E-state index contributed by atoms with van der Waals surface area (Å²) in [4.78, 5) is 14.7. The Hall–Kier alpha value is -2.34. The Labute approximate surface area is 148 Å². The summed E-state index contributed by atoms with van der Waals surface area (Å²) in [5.41, 5.74) is 1.47. The quantitative estimate of drug-likeness (QED) is 0.823. The first-order valence-electron chi connectivity index (χ1n) is 8.18. The number of hydrogen-bond acceptors (Lipinski definition) is 4. The molecule has 1 fully saturated rings. The number of benzene rings is 2. The first kappa shape index (κ1) is 17.5. The number of methoxy groups -OCH3 is 1. The van der Waals surface area contributed by atoms with E-state index in [2.05, 4.69) is 0 Å². The highest BCUT2D eigenvalue weighted by molar-refractivity contribution is 7.91. The van der Waals surface area contributed by atoms with Gasteiger partial charge in [-0.3, -0.25) is 4.79 Å². The highest BCUT2D eigenvalue weighted by Gasteiger charge is 2.35. The number of sulfone groups is 1. The maximum absolute atomic E-state index is 13.0. The molecule has 0 aromatic heterocycles. The smallest absolute Gasteiger partial charge is 0.254 e. The van der Waals surface area contributed by atoms with Gasteiger partial charge >= 0.3 is 0 Å². The average Bonchev–Trinajstić information content (AvgIpc) is 2.99. The van der Waals surface area contributed by atoms with Crippen LogP contribution in [0.1, 0.15) is 22.3 Å². The van der Waals surface area contributed by atoms with Crippen molar-refractivity contribution in [2.75, 3.05) is 18.6 Å². The predicted molar refractivity (Wildman–Crippen MR) is 96.4 cm³/mol. The third-order valence-corrected chi connectivity index (χ3v) is 6.17. The van der Waals surface area contributed by atoms with Gasteiger partial charge in [0.2, 0.25) is 0 Å². The van der Waals surface area contributed by atoms with Gasteiger partial charge < -0.3 is 9.64 Å². The topological polar surface area (TPSA) is 63.7 Å². The molecule has 0 unspecified atom stereocenters. The lowest BCUT2D eigenvalue weighted by Gasteiger charge is -2.28. The van der Waals surface area contributed by atoms with Gasteiger partial charge in [0.1, 0.15) is 5.75 Å². The molecule has 2 aromatic carbocycles. The molecule has 1 heterocycles. The van der Waals surface area contributed by atoms with Crippen LogP contribution in [0.25, 0.3) is 0 Å². The molecule has 1 aliphatic heterocycles. The number of amides is 1. The molecule has 6 heteroatoms. The van der Waals surface area contributed by atoms with Crippen LogP contribution in [0.2, 0.25) is 0 Å². The first-order chi connectivity index (χ1) is 12.0. The van der Waals surface area contributed by atoms with Crippen LogP contribution < -0.4 is 4.74 Å². The van der Waals surface area contributed by atoms with Crippen LogP contribution in [0.3, 0.4) is 0 Å². The van der Waals surface area contributed by atoms with E-state index < -0.39 is 9.84 Å². The highest BCUT2D eigenvalue weighted by atomic mass is 32.2. The second kappa shape index (κ2) is 7.27. The average molecular weight is 359 g/mol. The minimum Gasteiger partial charge on any atom is -0.497 e. The number of hydrogen-bond donors (Lipinski definition) is 0. The summed E-state index contributed by atoms with van der Waals surface area (Å²) < 4.78 is 29.0. The molecule has 1 atom stereocenters.